The number of ether oxygens (including phenoxy) is 2. The van der Waals surface area contributed by atoms with E-state index < -0.39 is 23.6 Å². The van der Waals surface area contributed by atoms with Crippen molar-refractivity contribution in [1.29, 1.82) is 0 Å². The van der Waals surface area contributed by atoms with E-state index in [2.05, 4.69) is 15.8 Å². The number of methoxy groups -OCH3 is 1. The van der Waals surface area contributed by atoms with Gasteiger partial charge in [-0.25, -0.2) is 5.43 Å². The van der Waals surface area contributed by atoms with Gasteiger partial charge in [0, 0.05) is 11.3 Å². The van der Waals surface area contributed by atoms with Crippen LogP contribution in [0.5, 0.6) is 11.5 Å². The molecule has 0 aliphatic heterocycles. The van der Waals surface area contributed by atoms with Gasteiger partial charge >= 0.3 is 18.0 Å². The summed E-state index contributed by atoms with van der Waals surface area (Å²) >= 11 is 0. The zero-order valence-corrected chi connectivity index (χ0v) is 19.8. The molecule has 0 radical (unpaired) electrons. The molecule has 0 spiro atoms. The maximum Gasteiger partial charge on any atom is 0.416 e. The van der Waals surface area contributed by atoms with Crippen molar-refractivity contribution in [1.82, 2.24) is 5.43 Å². The first-order valence-corrected chi connectivity index (χ1v) is 10.8. The van der Waals surface area contributed by atoms with Crippen LogP contribution in [0.25, 0.3) is 0 Å². The number of halogens is 3. The molecule has 0 saturated heterocycles. The van der Waals surface area contributed by atoms with E-state index in [1.165, 1.54) is 7.11 Å². The molecule has 7 nitrogen and oxygen atoms in total. The first-order valence-electron chi connectivity index (χ1n) is 10.8. The largest absolute Gasteiger partial charge is 0.493 e. The Bertz CT molecular complexity index is 1250. The molecule has 2 N–H and O–H groups in total. The maximum atomic E-state index is 12.6. The van der Waals surface area contributed by atoms with E-state index in [1.54, 1.807) is 25.1 Å². The summed E-state index contributed by atoms with van der Waals surface area (Å²) in [5.74, 6) is -1.18. The van der Waals surface area contributed by atoms with Crippen molar-refractivity contribution in [2.24, 2.45) is 5.10 Å². The lowest BCUT2D eigenvalue weighted by atomic mass is 10.1. The Labute approximate surface area is 205 Å². The molecule has 0 saturated carbocycles. The van der Waals surface area contributed by atoms with Gasteiger partial charge in [-0.3, -0.25) is 9.59 Å². The molecule has 0 atom stereocenters. The predicted molar refractivity (Wildman–Crippen MR) is 129 cm³/mol. The van der Waals surface area contributed by atoms with Crippen LogP contribution in [-0.4, -0.2) is 24.6 Å². The van der Waals surface area contributed by atoms with E-state index in [0.717, 1.165) is 35.4 Å². The van der Waals surface area contributed by atoms with Crippen LogP contribution in [-0.2, 0) is 22.4 Å². The molecule has 0 bridgehead atoms. The van der Waals surface area contributed by atoms with Gasteiger partial charge in [-0.05, 0) is 61.9 Å². The minimum atomic E-state index is -4.50. The molecular formula is C26H24F3N3O4. The topological polar surface area (TPSA) is 89.0 Å². The highest BCUT2D eigenvalue weighted by atomic mass is 19.4. The molecular weight excluding hydrogens is 475 g/mol. The number of carbonyl (C=O) groups is 2. The fraction of sp³-hybridized carbons (Fsp3) is 0.192. The van der Waals surface area contributed by atoms with Gasteiger partial charge in [0.25, 0.3) is 0 Å². The molecule has 10 heteroatoms. The molecule has 0 heterocycles. The van der Waals surface area contributed by atoms with Gasteiger partial charge in [0.05, 0.1) is 18.4 Å². The standard InChI is InChI=1S/C26H24F3N3O4/c1-16-4-6-18(7-5-16)15-36-22-13-8-19(14-23(22)35-3)17(2)31-32-25(34)24(33)30-21-11-9-20(10-12-21)26(27,28)29/h4-14H,15H2,1-3H3,(H,30,33)(H,32,34)/b31-17+. The third kappa shape index (κ3) is 7.08. The number of alkyl halides is 3. The van der Waals surface area contributed by atoms with Crippen LogP contribution in [0.4, 0.5) is 18.9 Å². The zero-order valence-electron chi connectivity index (χ0n) is 19.8. The van der Waals surface area contributed by atoms with Crippen LogP contribution in [0.3, 0.4) is 0 Å². The summed E-state index contributed by atoms with van der Waals surface area (Å²) in [6.07, 6.45) is -4.50. The zero-order chi connectivity index (χ0) is 26.3. The van der Waals surface area contributed by atoms with Crippen LogP contribution in [0, 0.1) is 6.92 Å². The van der Waals surface area contributed by atoms with Crippen molar-refractivity contribution in [2.75, 3.05) is 12.4 Å². The second kappa shape index (κ2) is 11.4. The highest BCUT2D eigenvalue weighted by Crippen LogP contribution is 2.30. The molecule has 0 aliphatic rings. The van der Waals surface area contributed by atoms with E-state index in [-0.39, 0.29) is 5.69 Å². The summed E-state index contributed by atoms with van der Waals surface area (Å²) in [5.41, 5.74) is 4.44. The van der Waals surface area contributed by atoms with Crippen molar-refractivity contribution < 1.29 is 32.2 Å². The number of benzene rings is 3. The van der Waals surface area contributed by atoms with Crippen LogP contribution in [0.2, 0.25) is 0 Å². The summed E-state index contributed by atoms with van der Waals surface area (Å²) < 4.78 is 49.2. The monoisotopic (exact) mass is 499 g/mol. The van der Waals surface area contributed by atoms with Crippen molar-refractivity contribution in [3.05, 3.63) is 89.0 Å². The van der Waals surface area contributed by atoms with Crippen LogP contribution < -0.4 is 20.2 Å². The number of carbonyl (C=O) groups excluding carboxylic acids is 2. The van der Waals surface area contributed by atoms with Gasteiger partial charge < -0.3 is 14.8 Å². The second-order valence-corrected chi connectivity index (χ2v) is 7.81. The van der Waals surface area contributed by atoms with E-state index in [4.69, 9.17) is 9.47 Å². The molecule has 0 aliphatic carbocycles. The first-order chi connectivity index (χ1) is 17.1. The van der Waals surface area contributed by atoms with Gasteiger partial charge in [0.15, 0.2) is 11.5 Å². The Kier molecular flexibility index (Phi) is 8.31. The van der Waals surface area contributed by atoms with Crippen LogP contribution >= 0.6 is 0 Å². The number of amides is 2. The molecule has 0 unspecified atom stereocenters. The number of nitrogens with one attached hydrogen (secondary N) is 2. The van der Waals surface area contributed by atoms with Gasteiger partial charge in [-0.15, -0.1) is 0 Å². The lowest BCUT2D eigenvalue weighted by Gasteiger charge is -2.12. The molecule has 3 aromatic carbocycles. The summed E-state index contributed by atoms with van der Waals surface area (Å²) in [6, 6.07) is 16.8. The summed E-state index contributed by atoms with van der Waals surface area (Å²) in [5, 5.41) is 6.14. The molecule has 2 amide bonds. The highest BCUT2D eigenvalue weighted by molar-refractivity contribution is 6.39. The smallest absolute Gasteiger partial charge is 0.416 e. The minimum Gasteiger partial charge on any atom is -0.493 e. The van der Waals surface area contributed by atoms with Crippen LogP contribution in [0.1, 0.15) is 29.2 Å². The Morgan fingerprint density at radius 3 is 2.19 bits per heavy atom. The lowest BCUT2D eigenvalue weighted by molar-refractivity contribution is -0.137. The number of anilines is 1. The van der Waals surface area contributed by atoms with Gasteiger partial charge in [-0.2, -0.15) is 18.3 Å². The Morgan fingerprint density at radius 2 is 1.58 bits per heavy atom. The molecule has 3 aromatic rings. The highest BCUT2D eigenvalue weighted by Gasteiger charge is 2.30. The quantitative estimate of drug-likeness (QED) is 0.270. The molecule has 0 fully saturated rings. The van der Waals surface area contributed by atoms with Crippen molar-refractivity contribution in [3.63, 3.8) is 0 Å². The summed E-state index contributed by atoms with van der Waals surface area (Å²) in [7, 11) is 1.50. The number of rotatable bonds is 7. The first kappa shape index (κ1) is 26.3. The van der Waals surface area contributed by atoms with Crippen molar-refractivity contribution in [2.45, 2.75) is 26.6 Å². The molecule has 3 rings (SSSR count). The third-order valence-corrected chi connectivity index (χ3v) is 5.10. The SMILES string of the molecule is COc1cc(/C(C)=N/NC(=O)C(=O)Nc2ccc(C(F)(F)F)cc2)ccc1OCc1ccc(C)cc1. The number of aryl methyl sites for hydroxylation is 1. The third-order valence-electron chi connectivity index (χ3n) is 5.10. The average Bonchev–Trinajstić information content (AvgIpc) is 2.86. The lowest BCUT2D eigenvalue weighted by Crippen LogP contribution is -2.33. The fourth-order valence-corrected chi connectivity index (χ4v) is 3.04. The molecule has 36 heavy (non-hydrogen) atoms. The normalized spacial score (nSPS) is 11.6. The molecule has 0 aromatic heterocycles. The van der Waals surface area contributed by atoms with Gasteiger partial charge in [-0.1, -0.05) is 29.8 Å². The van der Waals surface area contributed by atoms with E-state index in [1.807, 2.05) is 31.2 Å². The van der Waals surface area contributed by atoms with Crippen LogP contribution in [0.15, 0.2) is 71.8 Å². The second-order valence-electron chi connectivity index (χ2n) is 7.81. The number of nitrogens with zero attached hydrogens (tertiary/aromatic N) is 1. The van der Waals surface area contributed by atoms with E-state index in [9.17, 15) is 22.8 Å². The molecule has 188 valence electrons. The number of hydrogen-bond acceptors (Lipinski definition) is 5. The van der Waals surface area contributed by atoms with E-state index in [0.29, 0.717) is 29.4 Å². The summed E-state index contributed by atoms with van der Waals surface area (Å²) in [6.45, 7) is 3.98. The van der Waals surface area contributed by atoms with Crippen molar-refractivity contribution in [3.8, 4) is 11.5 Å². The van der Waals surface area contributed by atoms with Gasteiger partial charge in [0.2, 0.25) is 0 Å². The van der Waals surface area contributed by atoms with E-state index >= 15 is 0 Å². The summed E-state index contributed by atoms with van der Waals surface area (Å²) in [4.78, 5) is 24.1. The van der Waals surface area contributed by atoms with Gasteiger partial charge in [0.1, 0.15) is 6.61 Å². The van der Waals surface area contributed by atoms with Crippen molar-refractivity contribution >= 4 is 23.2 Å². The fourth-order valence-electron chi connectivity index (χ4n) is 3.04. The minimum absolute atomic E-state index is 0.0369. The Morgan fingerprint density at radius 1 is 0.917 bits per heavy atom. The number of hydrogen-bond donors (Lipinski definition) is 2. The Balaban J connectivity index is 1.60. The Hall–Kier alpha value is -4.34. The predicted octanol–water partition coefficient (Wildman–Crippen LogP) is 5.08. The maximum absolute atomic E-state index is 12.6. The average molecular weight is 499 g/mol. The number of hydrazone groups is 1.